The molecular weight excluding hydrogens is 300 g/mol. The Morgan fingerprint density at radius 1 is 1.09 bits per heavy atom. The molecule has 1 atom stereocenters. The number of nitrogens with one attached hydrogen (secondary N) is 2. The third kappa shape index (κ3) is 4.76. The fourth-order valence-corrected chi connectivity index (χ4v) is 2.26. The molecule has 0 aromatic heterocycles. The van der Waals surface area contributed by atoms with Crippen LogP contribution < -0.4 is 10.6 Å². The lowest BCUT2D eigenvalue weighted by Gasteiger charge is -2.20. The Kier molecular flexibility index (Phi) is 5.81. The van der Waals surface area contributed by atoms with Crippen LogP contribution in [0.25, 0.3) is 0 Å². The fourth-order valence-electron chi connectivity index (χ4n) is 2.14. The summed E-state index contributed by atoms with van der Waals surface area (Å²) in [6.45, 7) is 2.02. The topological polar surface area (TPSA) is 50.4 Å². The number of carbonyl (C=O) groups excluding carboxylic acids is 1. The molecule has 1 unspecified atom stereocenters. The van der Waals surface area contributed by atoms with Gasteiger partial charge in [-0.25, -0.2) is 0 Å². The van der Waals surface area contributed by atoms with Gasteiger partial charge in [0.25, 0.3) is 0 Å². The largest absolute Gasteiger partial charge is 0.382 e. The minimum absolute atomic E-state index is 0.0221. The minimum atomic E-state index is -0.0841. The molecule has 0 heterocycles. The molecule has 1 amide bonds. The first-order chi connectivity index (χ1) is 10.6. The number of carbonyl (C=O) groups is 1. The number of hydrogen-bond donors (Lipinski definition) is 2. The standard InChI is InChI=1S/C17H19ClN2O2/c1-12(21)19-15-7-9-16(10-8-15)20-17(11-22-2)13-3-5-14(18)6-4-13/h3-10,17,20H,11H2,1-2H3,(H,19,21). The summed E-state index contributed by atoms with van der Waals surface area (Å²) in [5.74, 6) is -0.0841. The molecule has 0 aliphatic carbocycles. The van der Waals surface area contributed by atoms with E-state index in [9.17, 15) is 4.79 Å². The van der Waals surface area contributed by atoms with E-state index in [-0.39, 0.29) is 11.9 Å². The van der Waals surface area contributed by atoms with Gasteiger partial charge >= 0.3 is 0 Å². The molecule has 0 radical (unpaired) electrons. The molecule has 0 saturated carbocycles. The number of ether oxygens (including phenoxy) is 1. The smallest absolute Gasteiger partial charge is 0.221 e. The molecule has 0 aliphatic rings. The summed E-state index contributed by atoms with van der Waals surface area (Å²) in [6.07, 6.45) is 0. The van der Waals surface area contributed by atoms with Gasteiger partial charge in [-0.1, -0.05) is 23.7 Å². The summed E-state index contributed by atoms with van der Waals surface area (Å²) in [4.78, 5) is 11.0. The van der Waals surface area contributed by atoms with E-state index >= 15 is 0 Å². The van der Waals surface area contributed by atoms with Gasteiger partial charge in [0, 0.05) is 30.4 Å². The Labute approximate surface area is 135 Å². The summed E-state index contributed by atoms with van der Waals surface area (Å²) in [5.41, 5.74) is 2.82. The van der Waals surface area contributed by atoms with Gasteiger partial charge in [-0.2, -0.15) is 0 Å². The van der Waals surface area contributed by atoms with Gasteiger partial charge in [0.1, 0.15) is 0 Å². The highest BCUT2D eigenvalue weighted by molar-refractivity contribution is 6.30. The first-order valence-corrected chi connectivity index (χ1v) is 7.35. The molecule has 2 aromatic carbocycles. The summed E-state index contributed by atoms with van der Waals surface area (Å²) >= 11 is 5.93. The molecule has 116 valence electrons. The van der Waals surface area contributed by atoms with E-state index in [1.54, 1.807) is 7.11 Å². The van der Waals surface area contributed by atoms with Crippen LogP contribution in [0, 0.1) is 0 Å². The lowest BCUT2D eigenvalue weighted by Crippen LogP contribution is -2.16. The number of methoxy groups -OCH3 is 1. The van der Waals surface area contributed by atoms with Crippen LogP contribution in [0.4, 0.5) is 11.4 Å². The van der Waals surface area contributed by atoms with E-state index in [0.29, 0.717) is 11.6 Å². The van der Waals surface area contributed by atoms with Gasteiger partial charge in [-0.15, -0.1) is 0 Å². The highest BCUT2D eigenvalue weighted by atomic mass is 35.5. The van der Waals surface area contributed by atoms with Crippen molar-refractivity contribution in [3.05, 3.63) is 59.1 Å². The van der Waals surface area contributed by atoms with Gasteiger partial charge < -0.3 is 15.4 Å². The van der Waals surface area contributed by atoms with Crippen molar-refractivity contribution >= 4 is 28.9 Å². The number of hydrogen-bond acceptors (Lipinski definition) is 3. The van der Waals surface area contributed by atoms with Crippen LogP contribution in [0.15, 0.2) is 48.5 Å². The molecule has 0 fully saturated rings. The maximum absolute atomic E-state index is 11.0. The average Bonchev–Trinajstić information content (AvgIpc) is 2.49. The van der Waals surface area contributed by atoms with Gasteiger partial charge in [0.15, 0.2) is 0 Å². The Balaban J connectivity index is 2.10. The summed E-state index contributed by atoms with van der Waals surface area (Å²) < 4.78 is 5.28. The molecular formula is C17H19ClN2O2. The Morgan fingerprint density at radius 3 is 2.23 bits per heavy atom. The predicted octanol–water partition coefficient (Wildman–Crippen LogP) is 4.10. The first-order valence-electron chi connectivity index (χ1n) is 6.97. The molecule has 4 nitrogen and oxygen atoms in total. The second-order valence-electron chi connectivity index (χ2n) is 4.96. The second-order valence-corrected chi connectivity index (χ2v) is 5.40. The number of anilines is 2. The Morgan fingerprint density at radius 2 is 1.68 bits per heavy atom. The van der Waals surface area contributed by atoms with Crippen molar-refractivity contribution < 1.29 is 9.53 Å². The van der Waals surface area contributed by atoms with E-state index in [1.165, 1.54) is 6.92 Å². The maximum Gasteiger partial charge on any atom is 0.221 e. The summed E-state index contributed by atoms with van der Waals surface area (Å²) in [5, 5.41) is 6.87. The van der Waals surface area contributed by atoms with Crippen LogP contribution in [-0.2, 0) is 9.53 Å². The zero-order valence-electron chi connectivity index (χ0n) is 12.6. The zero-order chi connectivity index (χ0) is 15.9. The number of halogens is 1. The average molecular weight is 319 g/mol. The van der Waals surface area contributed by atoms with E-state index in [0.717, 1.165) is 16.9 Å². The van der Waals surface area contributed by atoms with Gasteiger partial charge in [0.2, 0.25) is 5.91 Å². The lowest BCUT2D eigenvalue weighted by molar-refractivity contribution is -0.114. The van der Waals surface area contributed by atoms with Crippen LogP contribution in [0.3, 0.4) is 0 Å². The SMILES string of the molecule is COCC(Nc1ccc(NC(C)=O)cc1)c1ccc(Cl)cc1. The molecule has 2 aromatic rings. The normalized spacial score (nSPS) is 11.8. The molecule has 0 saturated heterocycles. The van der Waals surface area contributed by atoms with Crippen molar-refractivity contribution in [1.82, 2.24) is 0 Å². The number of amides is 1. The second kappa shape index (κ2) is 7.82. The van der Waals surface area contributed by atoms with Crippen molar-refractivity contribution in [2.75, 3.05) is 24.4 Å². The van der Waals surface area contributed by atoms with E-state index in [2.05, 4.69) is 10.6 Å². The van der Waals surface area contributed by atoms with Gasteiger partial charge in [-0.05, 0) is 42.0 Å². The lowest BCUT2D eigenvalue weighted by atomic mass is 10.1. The summed E-state index contributed by atoms with van der Waals surface area (Å²) in [6, 6.07) is 15.3. The van der Waals surface area contributed by atoms with Crippen LogP contribution >= 0.6 is 11.6 Å². The number of rotatable bonds is 6. The molecule has 5 heteroatoms. The van der Waals surface area contributed by atoms with Crippen LogP contribution in [0.1, 0.15) is 18.5 Å². The Hall–Kier alpha value is -2.04. The third-order valence-corrected chi connectivity index (χ3v) is 3.40. The van der Waals surface area contributed by atoms with Crippen molar-refractivity contribution in [2.45, 2.75) is 13.0 Å². The quantitative estimate of drug-likeness (QED) is 0.843. The van der Waals surface area contributed by atoms with Crippen molar-refractivity contribution in [3.63, 3.8) is 0 Å². The van der Waals surface area contributed by atoms with E-state index in [1.807, 2.05) is 48.5 Å². The monoisotopic (exact) mass is 318 g/mol. The zero-order valence-corrected chi connectivity index (χ0v) is 13.4. The predicted molar refractivity (Wildman–Crippen MR) is 90.4 cm³/mol. The molecule has 0 aliphatic heterocycles. The molecule has 2 rings (SSSR count). The fraction of sp³-hybridized carbons (Fsp3) is 0.235. The van der Waals surface area contributed by atoms with Crippen molar-refractivity contribution in [1.29, 1.82) is 0 Å². The molecule has 2 N–H and O–H groups in total. The molecule has 0 spiro atoms. The van der Waals surface area contributed by atoms with E-state index in [4.69, 9.17) is 16.3 Å². The molecule has 22 heavy (non-hydrogen) atoms. The van der Waals surface area contributed by atoms with Gasteiger partial charge in [0.05, 0.1) is 12.6 Å². The van der Waals surface area contributed by atoms with E-state index < -0.39 is 0 Å². The minimum Gasteiger partial charge on any atom is -0.382 e. The van der Waals surface area contributed by atoms with Crippen LogP contribution in [0.2, 0.25) is 5.02 Å². The highest BCUT2D eigenvalue weighted by Gasteiger charge is 2.11. The molecule has 0 bridgehead atoms. The number of benzene rings is 2. The van der Waals surface area contributed by atoms with Crippen molar-refractivity contribution in [2.24, 2.45) is 0 Å². The Bertz CT molecular complexity index is 612. The maximum atomic E-state index is 11.0. The summed E-state index contributed by atoms with van der Waals surface area (Å²) in [7, 11) is 1.67. The first kappa shape index (κ1) is 16.3. The third-order valence-electron chi connectivity index (χ3n) is 3.15. The van der Waals surface area contributed by atoms with Crippen LogP contribution in [0.5, 0.6) is 0 Å². The highest BCUT2D eigenvalue weighted by Crippen LogP contribution is 2.23. The van der Waals surface area contributed by atoms with Crippen molar-refractivity contribution in [3.8, 4) is 0 Å². The van der Waals surface area contributed by atoms with Gasteiger partial charge in [-0.3, -0.25) is 4.79 Å². The van der Waals surface area contributed by atoms with Crippen LogP contribution in [-0.4, -0.2) is 19.6 Å².